The zero-order valence-electron chi connectivity index (χ0n) is 9.34. The largest absolute Gasteiger partial charge is 0.353 e. The molecule has 2 nitrogen and oxygen atoms in total. The topological polar surface area (TPSA) is 18.5 Å². The summed E-state index contributed by atoms with van der Waals surface area (Å²) < 4.78 is 11.1. The predicted molar refractivity (Wildman–Crippen MR) is 58.9 cm³/mol. The molecule has 0 unspecified atom stereocenters. The molecule has 0 spiro atoms. The molecule has 0 N–H and O–H groups in total. The number of ether oxygens (including phenoxy) is 2. The van der Waals surface area contributed by atoms with Gasteiger partial charge in [-0.1, -0.05) is 26.7 Å². The van der Waals surface area contributed by atoms with Crippen LogP contribution in [-0.4, -0.2) is 27.4 Å². The highest BCUT2D eigenvalue weighted by molar-refractivity contribution is 6.08. The molecule has 3 heteroatoms. The Morgan fingerprint density at radius 2 is 1.46 bits per heavy atom. The van der Waals surface area contributed by atoms with Gasteiger partial charge in [0.2, 0.25) is 0 Å². The molecular formula is C10H23BO2. The Kier molecular flexibility index (Phi) is 10.1. The van der Waals surface area contributed by atoms with Crippen LogP contribution in [0.3, 0.4) is 0 Å². The van der Waals surface area contributed by atoms with E-state index >= 15 is 0 Å². The quantitative estimate of drug-likeness (QED) is 0.311. The summed E-state index contributed by atoms with van der Waals surface area (Å²) in [6.07, 6.45) is 5.61. The molecular weight excluding hydrogens is 163 g/mol. The molecule has 0 radical (unpaired) electrons. The molecule has 13 heavy (non-hydrogen) atoms. The average Bonchev–Trinajstić information content (AvgIpc) is 2.16. The van der Waals surface area contributed by atoms with Crippen LogP contribution in [0.15, 0.2) is 0 Å². The van der Waals surface area contributed by atoms with Crippen LogP contribution in [0.2, 0.25) is 6.32 Å². The summed E-state index contributed by atoms with van der Waals surface area (Å²) in [6.45, 7) is 6.01. The lowest BCUT2D eigenvalue weighted by Gasteiger charge is -2.16. The Bertz CT molecular complexity index is 88.9. The normalized spacial score (nSPS) is 11.0. The van der Waals surface area contributed by atoms with E-state index in [-0.39, 0.29) is 6.29 Å². The molecule has 0 atom stereocenters. The van der Waals surface area contributed by atoms with E-state index < -0.39 is 0 Å². The van der Waals surface area contributed by atoms with Crippen molar-refractivity contribution in [3.05, 3.63) is 0 Å². The number of hydrogen-bond donors (Lipinski definition) is 0. The first-order valence-corrected chi connectivity index (χ1v) is 5.58. The summed E-state index contributed by atoms with van der Waals surface area (Å²) in [7, 11) is 2.10. The third-order valence-corrected chi connectivity index (χ3v) is 1.94. The van der Waals surface area contributed by atoms with Crippen LogP contribution in [0.1, 0.15) is 39.5 Å². The van der Waals surface area contributed by atoms with Gasteiger partial charge >= 0.3 is 0 Å². The Balaban J connectivity index is 3.28. The highest BCUT2D eigenvalue weighted by Crippen LogP contribution is 2.02. The van der Waals surface area contributed by atoms with E-state index in [0.717, 1.165) is 32.4 Å². The van der Waals surface area contributed by atoms with Crippen LogP contribution >= 0.6 is 0 Å². The molecule has 0 aliphatic rings. The number of hydrogen-bond acceptors (Lipinski definition) is 2. The molecule has 0 rings (SSSR count). The van der Waals surface area contributed by atoms with Crippen LogP contribution < -0.4 is 0 Å². The molecule has 0 amide bonds. The van der Waals surface area contributed by atoms with E-state index in [1.54, 1.807) is 0 Å². The summed E-state index contributed by atoms with van der Waals surface area (Å²) in [5, 5.41) is 0. The SMILES string of the molecule is BCC(OCCCC)OCCCC. The fraction of sp³-hybridized carbons (Fsp3) is 1.00. The molecule has 0 fully saturated rings. The van der Waals surface area contributed by atoms with Gasteiger partial charge in [-0.15, -0.1) is 0 Å². The van der Waals surface area contributed by atoms with Crippen LogP contribution in [0.4, 0.5) is 0 Å². The van der Waals surface area contributed by atoms with Gasteiger partial charge in [0.05, 0.1) is 0 Å². The lowest BCUT2D eigenvalue weighted by atomic mass is 10.1. The fourth-order valence-corrected chi connectivity index (χ4v) is 1.00. The molecule has 0 aromatic carbocycles. The minimum atomic E-state index is 0.0260. The summed E-state index contributed by atoms with van der Waals surface area (Å²) in [5.74, 6) is 0. The molecule has 0 bridgehead atoms. The van der Waals surface area contributed by atoms with E-state index in [0.29, 0.717) is 0 Å². The fourth-order valence-electron chi connectivity index (χ4n) is 1.00. The van der Waals surface area contributed by atoms with Crippen molar-refractivity contribution in [1.82, 2.24) is 0 Å². The van der Waals surface area contributed by atoms with Crippen molar-refractivity contribution >= 4 is 7.85 Å². The molecule has 0 saturated heterocycles. The molecule has 0 saturated carbocycles. The summed E-state index contributed by atoms with van der Waals surface area (Å²) in [5.41, 5.74) is 0. The smallest absolute Gasteiger partial charge is 0.150 e. The second kappa shape index (κ2) is 10.1. The van der Waals surface area contributed by atoms with Crippen molar-refractivity contribution in [3.8, 4) is 0 Å². The Morgan fingerprint density at radius 1 is 1.00 bits per heavy atom. The highest BCUT2D eigenvalue weighted by Gasteiger charge is 2.04. The van der Waals surface area contributed by atoms with Crippen LogP contribution in [0.25, 0.3) is 0 Å². The number of unbranched alkanes of at least 4 members (excludes halogenated alkanes) is 2. The average molecular weight is 186 g/mol. The third-order valence-electron chi connectivity index (χ3n) is 1.94. The third kappa shape index (κ3) is 8.32. The van der Waals surface area contributed by atoms with Crippen molar-refractivity contribution in [1.29, 1.82) is 0 Å². The zero-order valence-corrected chi connectivity index (χ0v) is 9.34. The van der Waals surface area contributed by atoms with Gasteiger partial charge < -0.3 is 9.47 Å². The van der Waals surface area contributed by atoms with Gasteiger partial charge in [0, 0.05) is 13.2 Å². The van der Waals surface area contributed by atoms with Gasteiger partial charge in [0.15, 0.2) is 6.29 Å². The Morgan fingerprint density at radius 3 is 1.77 bits per heavy atom. The maximum absolute atomic E-state index is 5.56. The summed E-state index contributed by atoms with van der Waals surface area (Å²) >= 11 is 0. The van der Waals surface area contributed by atoms with Crippen LogP contribution in [0.5, 0.6) is 0 Å². The van der Waals surface area contributed by atoms with Gasteiger partial charge in [0.1, 0.15) is 7.85 Å². The minimum Gasteiger partial charge on any atom is -0.353 e. The van der Waals surface area contributed by atoms with Crippen molar-refractivity contribution in [2.24, 2.45) is 0 Å². The second-order valence-electron chi connectivity index (χ2n) is 3.29. The first-order chi connectivity index (χ1) is 6.35. The van der Waals surface area contributed by atoms with Crippen molar-refractivity contribution < 1.29 is 9.47 Å². The lowest BCUT2D eigenvalue weighted by Crippen LogP contribution is -2.18. The monoisotopic (exact) mass is 186 g/mol. The maximum atomic E-state index is 5.56. The van der Waals surface area contributed by atoms with Gasteiger partial charge in [-0.2, -0.15) is 0 Å². The van der Waals surface area contributed by atoms with E-state index in [1.165, 1.54) is 12.8 Å². The molecule has 0 aromatic rings. The first-order valence-electron chi connectivity index (χ1n) is 5.58. The zero-order chi connectivity index (χ0) is 9.94. The summed E-state index contributed by atoms with van der Waals surface area (Å²) in [6, 6.07) is 0. The van der Waals surface area contributed by atoms with Gasteiger partial charge in [0.25, 0.3) is 0 Å². The predicted octanol–water partition coefficient (Wildman–Crippen LogP) is 2.00. The van der Waals surface area contributed by atoms with E-state index in [9.17, 15) is 0 Å². The molecule has 0 heterocycles. The number of rotatable bonds is 9. The maximum Gasteiger partial charge on any atom is 0.150 e. The van der Waals surface area contributed by atoms with Gasteiger partial charge in [-0.05, 0) is 19.2 Å². The Labute approximate surface area is 83.4 Å². The minimum absolute atomic E-state index is 0.0260. The van der Waals surface area contributed by atoms with Gasteiger partial charge in [-0.25, -0.2) is 0 Å². The van der Waals surface area contributed by atoms with Crippen molar-refractivity contribution in [2.45, 2.75) is 52.1 Å². The van der Waals surface area contributed by atoms with E-state index in [4.69, 9.17) is 9.47 Å². The van der Waals surface area contributed by atoms with Gasteiger partial charge in [-0.3, -0.25) is 0 Å². The highest BCUT2D eigenvalue weighted by atomic mass is 16.7. The molecule has 0 aliphatic carbocycles. The van der Waals surface area contributed by atoms with Crippen molar-refractivity contribution in [2.75, 3.05) is 13.2 Å². The molecule has 0 aromatic heterocycles. The van der Waals surface area contributed by atoms with E-state index in [1.807, 2.05) is 0 Å². The van der Waals surface area contributed by atoms with E-state index in [2.05, 4.69) is 21.7 Å². The van der Waals surface area contributed by atoms with Crippen LogP contribution in [0, 0.1) is 0 Å². The Hall–Kier alpha value is -0.0151. The molecule has 0 aliphatic heterocycles. The van der Waals surface area contributed by atoms with Crippen molar-refractivity contribution in [3.63, 3.8) is 0 Å². The first kappa shape index (κ1) is 13.0. The lowest BCUT2D eigenvalue weighted by molar-refractivity contribution is -0.130. The summed E-state index contributed by atoms with van der Waals surface area (Å²) in [4.78, 5) is 0. The standard InChI is InChI=1S/C10H23BO2/c1-3-5-7-12-10(9-11)13-8-6-4-2/h10H,3-9,11H2,1-2H3. The van der Waals surface area contributed by atoms with Crippen LogP contribution in [-0.2, 0) is 9.47 Å². The molecule has 78 valence electrons. The second-order valence-corrected chi connectivity index (χ2v) is 3.29.